The van der Waals surface area contributed by atoms with Gasteiger partial charge in [-0.3, -0.25) is 5.10 Å². The molecule has 150 valence electrons. The summed E-state index contributed by atoms with van der Waals surface area (Å²) in [6.45, 7) is 4.82. The van der Waals surface area contributed by atoms with E-state index < -0.39 is 5.67 Å². The number of rotatable bonds is 6. The summed E-state index contributed by atoms with van der Waals surface area (Å²) < 4.78 is 14.8. The lowest BCUT2D eigenvalue weighted by Crippen LogP contribution is -2.60. The Morgan fingerprint density at radius 3 is 2.52 bits per heavy atom. The number of H-pyrrole nitrogens is 1. The second-order valence-electron chi connectivity index (χ2n) is 8.04. The highest BCUT2D eigenvalue weighted by molar-refractivity contribution is 7.99. The maximum Gasteiger partial charge on any atom is 0.196 e. The number of benzene rings is 1. The van der Waals surface area contributed by atoms with Gasteiger partial charge in [-0.1, -0.05) is 17.7 Å². The van der Waals surface area contributed by atoms with Crippen LogP contribution in [0.1, 0.15) is 24.1 Å². The molecule has 1 aliphatic carbocycles. The van der Waals surface area contributed by atoms with Crippen molar-refractivity contribution in [2.24, 2.45) is 5.92 Å². The van der Waals surface area contributed by atoms with Crippen LogP contribution in [0.25, 0.3) is 0 Å². The molecule has 0 bridgehead atoms. The molecule has 29 heavy (non-hydrogen) atoms. The molecule has 5 rings (SSSR count). The zero-order valence-electron chi connectivity index (χ0n) is 16.4. The minimum atomic E-state index is -1.05. The molecule has 3 heterocycles. The first-order valence-electron chi connectivity index (χ1n) is 9.83. The van der Waals surface area contributed by atoms with Crippen molar-refractivity contribution in [3.63, 3.8) is 0 Å². The zero-order valence-corrected chi connectivity index (χ0v) is 17.3. The van der Waals surface area contributed by atoms with Gasteiger partial charge >= 0.3 is 0 Å². The quantitative estimate of drug-likeness (QED) is 0.577. The molecule has 2 aromatic heterocycles. The van der Waals surface area contributed by atoms with Crippen LogP contribution < -0.4 is 10.2 Å². The summed E-state index contributed by atoms with van der Waals surface area (Å²) in [4.78, 5) is 12.4. The summed E-state index contributed by atoms with van der Waals surface area (Å²) in [5.74, 6) is 2.32. The van der Waals surface area contributed by atoms with Crippen LogP contribution in [0.5, 0.6) is 0 Å². The van der Waals surface area contributed by atoms with Crippen molar-refractivity contribution in [3.8, 4) is 0 Å². The monoisotopic (exact) mass is 410 g/mol. The van der Waals surface area contributed by atoms with Crippen LogP contribution >= 0.6 is 11.8 Å². The number of anilines is 3. The van der Waals surface area contributed by atoms with Crippen LogP contribution in [0.2, 0.25) is 0 Å². The molecule has 8 heteroatoms. The lowest BCUT2D eigenvalue weighted by Gasteiger charge is -2.45. The molecule has 0 atom stereocenters. The smallest absolute Gasteiger partial charge is 0.196 e. The van der Waals surface area contributed by atoms with Crippen LogP contribution in [0.15, 0.2) is 46.5 Å². The molecule has 1 saturated heterocycles. The van der Waals surface area contributed by atoms with Crippen molar-refractivity contribution < 1.29 is 4.39 Å². The number of halogens is 1. The first kappa shape index (κ1) is 18.4. The van der Waals surface area contributed by atoms with Crippen molar-refractivity contribution >= 4 is 29.2 Å². The number of nitrogens with zero attached hydrogens (tertiary/aromatic N) is 4. The fourth-order valence-corrected chi connectivity index (χ4v) is 4.38. The Bertz CT molecular complexity index is 1020. The Labute approximate surface area is 173 Å². The third kappa shape index (κ3) is 3.94. The van der Waals surface area contributed by atoms with E-state index in [4.69, 9.17) is 4.98 Å². The number of alkyl halides is 1. The highest BCUT2D eigenvalue weighted by Gasteiger charge is 2.54. The van der Waals surface area contributed by atoms with Crippen molar-refractivity contribution in [2.75, 3.05) is 23.3 Å². The van der Waals surface area contributed by atoms with Crippen LogP contribution in [0.4, 0.5) is 21.8 Å². The Morgan fingerprint density at radius 1 is 1.10 bits per heavy atom. The number of nitrogens with one attached hydrogen (secondary N) is 2. The Hall–Kier alpha value is -2.61. The summed E-state index contributed by atoms with van der Waals surface area (Å²) >= 11 is 1.50. The number of aryl methyl sites for hydroxylation is 2. The Balaban J connectivity index is 1.41. The van der Waals surface area contributed by atoms with E-state index in [-0.39, 0.29) is 5.92 Å². The molecule has 0 radical (unpaired) electrons. The second kappa shape index (κ2) is 7.02. The van der Waals surface area contributed by atoms with E-state index >= 15 is 0 Å². The molecular weight excluding hydrogens is 387 g/mol. The van der Waals surface area contributed by atoms with E-state index in [0.717, 1.165) is 29.2 Å². The molecule has 2 fully saturated rings. The third-order valence-electron chi connectivity index (χ3n) is 5.42. The molecule has 1 aliphatic heterocycles. The van der Waals surface area contributed by atoms with Gasteiger partial charge in [0.1, 0.15) is 17.3 Å². The van der Waals surface area contributed by atoms with Gasteiger partial charge in [0.15, 0.2) is 11.0 Å². The van der Waals surface area contributed by atoms with Gasteiger partial charge in [-0.15, -0.1) is 0 Å². The van der Waals surface area contributed by atoms with Crippen molar-refractivity contribution in [3.05, 3.63) is 47.7 Å². The van der Waals surface area contributed by atoms with Gasteiger partial charge < -0.3 is 10.2 Å². The average Bonchev–Trinajstić information content (AvgIpc) is 3.44. The fourth-order valence-electron chi connectivity index (χ4n) is 3.62. The molecule has 6 nitrogen and oxygen atoms in total. The van der Waals surface area contributed by atoms with E-state index in [2.05, 4.69) is 51.7 Å². The molecule has 3 aromatic rings. The topological polar surface area (TPSA) is 69.7 Å². The number of hydrogen-bond donors (Lipinski definition) is 2. The summed E-state index contributed by atoms with van der Waals surface area (Å²) in [6, 6.07) is 12.0. The van der Waals surface area contributed by atoms with Crippen molar-refractivity contribution in [1.29, 1.82) is 0 Å². The van der Waals surface area contributed by atoms with Gasteiger partial charge in [0, 0.05) is 22.7 Å². The van der Waals surface area contributed by atoms with Gasteiger partial charge in [0.05, 0.1) is 13.1 Å². The standard InChI is InChI=1S/C21H23FN6S/c1-13-3-7-16(8-4-13)29-20-24-17(23-18-9-14(2)26-27-18)10-19(25-20)28-11-21(22,12-28)15-5-6-15/h3-4,7-10,15H,5-6,11-12H2,1-2H3,(H2,23,24,25,26,27). The maximum absolute atomic E-state index is 14.8. The third-order valence-corrected chi connectivity index (χ3v) is 6.30. The minimum absolute atomic E-state index is 0.228. The maximum atomic E-state index is 14.8. The zero-order chi connectivity index (χ0) is 20.0. The van der Waals surface area contributed by atoms with Gasteiger partial charge in [-0.05, 0) is 56.5 Å². The van der Waals surface area contributed by atoms with Crippen LogP contribution in [0.3, 0.4) is 0 Å². The van der Waals surface area contributed by atoms with Crippen LogP contribution in [-0.4, -0.2) is 38.9 Å². The van der Waals surface area contributed by atoms with Crippen molar-refractivity contribution in [2.45, 2.75) is 42.4 Å². The normalized spacial score (nSPS) is 17.8. The summed E-state index contributed by atoms with van der Waals surface area (Å²) in [5.41, 5.74) is 1.12. The number of aromatic amines is 1. The molecule has 0 spiro atoms. The fraction of sp³-hybridized carbons (Fsp3) is 0.381. The second-order valence-corrected chi connectivity index (χ2v) is 9.08. The SMILES string of the molecule is Cc1ccc(Sc2nc(Nc3cc(C)[nH]n3)cc(N3CC(F)(C4CC4)C3)n2)cc1. The average molecular weight is 411 g/mol. The first-order valence-corrected chi connectivity index (χ1v) is 10.6. The van der Waals surface area contributed by atoms with E-state index in [1.54, 1.807) is 0 Å². The van der Waals surface area contributed by atoms with Crippen molar-refractivity contribution in [1.82, 2.24) is 20.2 Å². The number of hydrogen-bond acceptors (Lipinski definition) is 6. The molecule has 1 aromatic carbocycles. The van der Waals surface area contributed by atoms with E-state index in [1.165, 1.54) is 17.3 Å². The molecule has 2 N–H and O–H groups in total. The Morgan fingerprint density at radius 2 is 1.86 bits per heavy atom. The lowest BCUT2D eigenvalue weighted by molar-refractivity contribution is 0.0924. The lowest BCUT2D eigenvalue weighted by atomic mass is 9.91. The van der Waals surface area contributed by atoms with E-state index in [9.17, 15) is 4.39 Å². The van der Waals surface area contributed by atoms with E-state index in [1.807, 2.05) is 24.0 Å². The van der Waals surface area contributed by atoms with Crippen LogP contribution in [0, 0.1) is 19.8 Å². The van der Waals surface area contributed by atoms with Gasteiger partial charge in [-0.2, -0.15) is 5.10 Å². The predicted molar refractivity (Wildman–Crippen MR) is 113 cm³/mol. The predicted octanol–water partition coefficient (Wildman–Crippen LogP) is 4.65. The molecule has 2 aliphatic rings. The molecule has 0 unspecified atom stereocenters. The number of aromatic nitrogens is 4. The van der Waals surface area contributed by atoms with E-state index in [0.29, 0.717) is 29.9 Å². The summed E-state index contributed by atoms with van der Waals surface area (Å²) in [7, 11) is 0. The summed E-state index contributed by atoms with van der Waals surface area (Å²) in [6.07, 6.45) is 2.02. The Kier molecular flexibility index (Phi) is 4.46. The largest absolute Gasteiger partial charge is 0.350 e. The molecule has 0 amide bonds. The molecular formula is C21H23FN6S. The highest BCUT2D eigenvalue weighted by Crippen LogP contribution is 2.48. The summed E-state index contributed by atoms with van der Waals surface area (Å²) in [5, 5.41) is 11.0. The van der Waals surface area contributed by atoms with Gasteiger partial charge in [0.25, 0.3) is 0 Å². The van der Waals surface area contributed by atoms with Gasteiger partial charge in [-0.25, -0.2) is 14.4 Å². The highest BCUT2D eigenvalue weighted by atomic mass is 32.2. The first-order chi connectivity index (χ1) is 14.0. The van der Waals surface area contributed by atoms with Gasteiger partial charge in [0.2, 0.25) is 0 Å². The molecule has 1 saturated carbocycles. The van der Waals surface area contributed by atoms with Crippen LogP contribution in [-0.2, 0) is 0 Å². The minimum Gasteiger partial charge on any atom is -0.350 e.